The Bertz CT molecular complexity index is 545. The van der Waals surface area contributed by atoms with E-state index in [1.807, 2.05) is 14.0 Å². The van der Waals surface area contributed by atoms with Crippen molar-refractivity contribution in [1.29, 1.82) is 0 Å². The smallest absolute Gasteiger partial charge is 0.118 e. The molecule has 0 saturated heterocycles. The minimum atomic E-state index is 0.773. The van der Waals surface area contributed by atoms with Crippen molar-refractivity contribution in [3.8, 4) is 0 Å². The maximum absolute atomic E-state index is 5.73. The van der Waals surface area contributed by atoms with Gasteiger partial charge in [0.2, 0.25) is 0 Å². The van der Waals surface area contributed by atoms with Crippen LogP contribution >= 0.6 is 0 Å². The highest BCUT2D eigenvalue weighted by atomic mass is 16.3. The van der Waals surface area contributed by atoms with Gasteiger partial charge in [-0.2, -0.15) is 0 Å². The standard InChI is InChI=1S/C16H22N2O/c1-12-7-5-6-8-16(12)18(4)11-14-9-15(10-17-3)19-13(14)2/h5-9,17H,10-11H2,1-4H3. The Hall–Kier alpha value is -1.74. The summed E-state index contributed by atoms with van der Waals surface area (Å²) in [5, 5.41) is 3.11. The first-order valence-electron chi connectivity index (χ1n) is 6.61. The first-order chi connectivity index (χ1) is 9.11. The van der Waals surface area contributed by atoms with Gasteiger partial charge in [-0.05, 0) is 38.6 Å². The predicted octanol–water partition coefficient (Wildman–Crippen LogP) is 3.25. The molecule has 1 heterocycles. The fraction of sp³-hybridized carbons (Fsp3) is 0.375. The highest BCUT2D eigenvalue weighted by Crippen LogP contribution is 2.22. The summed E-state index contributed by atoms with van der Waals surface area (Å²) in [4.78, 5) is 2.26. The van der Waals surface area contributed by atoms with Gasteiger partial charge in [-0.1, -0.05) is 18.2 Å². The summed E-state index contributed by atoms with van der Waals surface area (Å²) in [5.41, 5.74) is 3.80. The van der Waals surface area contributed by atoms with Gasteiger partial charge < -0.3 is 14.6 Å². The average Bonchev–Trinajstić information content (AvgIpc) is 2.70. The first-order valence-corrected chi connectivity index (χ1v) is 6.61. The number of benzene rings is 1. The molecule has 0 aliphatic carbocycles. The molecule has 0 atom stereocenters. The summed E-state index contributed by atoms with van der Waals surface area (Å²) in [7, 11) is 4.05. The number of hydrogen-bond donors (Lipinski definition) is 1. The van der Waals surface area contributed by atoms with E-state index in [-0.39, 0.29) is 0 Å². The maximum atomic E-state index is 5.73. The molecule has 1 aromatic carbocycles. The Morgan fingerprint density at radius 2 is 1.95 bits per heavy atom. The van der Waals surface area contributed by atoms with Gasteiger partial charge >= 0.3 is 0 Å². The molecule has 1 aromatic heterocycles. The predicted molar refractivity (Wildman–Crippen MR) is 79.5 cm³/mol. The number of nitrogens with zero attached hydrogens (tertiary/aromatic N) is 1. The zero-order valence-corrected chi connectivity index (χ0v) is 12.2. The molecule has 0 spiro atoms. The Balaban J connectivity index is 2.15. The van der Waals surface area contributed by atoms with Crippen LogP contribution in [0.5, 0.6) is 0 Å². The molecule has 1 N–H and O–H groups in total. The largest absolute Gasteiger partial charge is 0.465 e. The number of para-hydroxylation sites is 1. The highest BCUT2D eigenvalue weighted by Gasteiger charge is 2.10. The van der Waals surface area contributed by atoms with Gasteiger partial charge in [0, 0.05) is 24.8 Å². The fourth-order valence-corrected chi connectivity index (χ4v) is 2.34. The SMILES string of the molecule is CNCc1cc(CN(C)c2ccccc2C)c(C)o1. The highest BCUT2D eigenvalue weighted by molar-refractivity contribution is 5.52. The molecule has 2 aromatic rings. The molecular formula is C16H22N2O. The van der Waals surface area contributed by atoms with E-state index in [2.05, 4.69) is 54.5 Å². The Morgan fingerprint density at radius 3 is 2.63 bits per heavy atom. The molecule has 102 valence electrons. The van der Waals surface area contributed by atoms with Gasteiger partial charge in [-0.25, -0.2) is 0 Å². The summed E-state index contributed by atoms with van der Waals surface area (Å²) < 4.78 is 5.73. The van der Waals surface area contributed by atoms with E-state index < -0.39 is 0 Å². The van der Waals surface area contributed by atoms with Crippen molar-refractivity contribution < 1.29 is 4.42 Å². The zero-order valence-electron chi connectivity index (χ0n) is 12.2. The maximum Gasteiger partial charge on any atom is 0.118 e. The van der Waals surface area contributed by atoms with Gasteiger partial charge in [-0.3, -0.25) is 0 Å². The second kappa shape index (κ2) is 5.93. The third-order valence-electron chi connectivity index (χ3n) is 3.36. The normalized spacial score (nSPS) is 10.7. The molecule has 0 unspecified atom stereocenters. The van der Waals surface area contributed by atoms with Gasteiger partial charge in [0.05, 0.1) is 6.54 Å². The second-order valence-corrected chi connectivity index (χ2v) is 4.97. The van der Waals surface area contributed by atoms with Crippen LogP contribution in [0.1, 0.15) is 22.6 Å². The lowest BCUT2D eigenvalue weighted by Gasteiger charge is -2.21. The van der Waals surface area contributed by atoms with Crippen molar-refractivity contribution >= 4 is 5.69 Å². The summed E-state index contributed by atoms with van der Waals surface area (Å²) >= 11 is 0. The van der Waals surface area contributed by atoms with Crippen molar-refractivity contribution in [2.24, 2.45) is 0 Å². The average molecular weight is 258 g/mol. The molecule has 19 heavy (non-hydrogen) atoms. The Labute approximate surface area is 115 Å². The van der Waals surface area contributed by atoms with Crippen LogP contribution in [0.25, 0.3) is 0 Å². The van der Waals surface area contributed by atoms with E-state index in [9.17, 15) is 0 Å². The Morgan fingerprint density at radius 1 is 1.21 bits per heavy atom. The molecule has 2 rings (SSSR count). The van der Waals surface area contributed by atoms with E-state index in [1.54, 1.807) is 0 Å². The molecule has 0 aliphatic heterocycles. The van der Waals surface area contributed by atoms with Crippen LogP contribution in [-0.4, -0.2) is 14.1 Å². The first kappa shape index (κ1) is 13.7. The quantitative estimate of drug-likeness (QED) is 0.892. The third kappa shape index (κ3) is 3.18. The van der Waals surface area contributed by atoms with Crippen molar-refractivity contribution in [1.82, 2.24) is 5.32 Å². The molecule has 0 aliphatic rings. The number of aryl methyl sites for hydroxylation is 2. The molecule has 0 saturated carbocycles. The number of anilines is 1. The van der Waals surface area contributed by atoms with Crippen molar-refractivity contribution in [3.63, 3.8) is 0 Å². The molecule has 0 fully saturated rings. The minimum absolute atomic E-state index is 0.773. The molecule has 3 heteroatoms. The van der Waals surface area contributed by atoms with Gasteiger partial charge in [-0.15, -0.1) is 0 Å². The lowest BCUT2D eigenvalue weighted by atomic mass is 10.1. The second-order valence-electron chi connectivity index (χ2n) is 4.97. The van der Waals surface area contributed by atoms with Crippen LogP contribution in [0.15, 0.2) is 34.7 Å². The summed E-state index contributed by atoms with van der Waals surface area (Å²) in [6.07, 6.45) is 0. The number of furan rings is 1. The zero-order chi connectivity index (χ0) is 13.8. The van der Waals surface area contributed by atoms with Crippen LogP contribution in [0.3, 0.4) is 0 Å². The van der Waals surface area contributed by atoms with E-state index in [4.69, 9.17) is 4.42 Å². The van der Waals surface area contributed by atoms with E-state index in [1.165, 1.54) is 16.8 Å². The van der Waals surface area contributed by atoms with E-state index in [0.717, 1.165) is 24.6 Å². The fourth-order valence-electron chi connectivity index (χ4n) is 2.34. The topological polar surface area (TPSA) is 28.4 Å². The Kier molecular flexibility index (Phi) is 4.27. The molecule has 3 nitrogen and oxygen atoms in total. The monoisotopic (exact) mass is 258 g/mol. The summed E-state index contributed by atoms with van der Waals surface area (Å²) in [5.74, 6) is 2.00. The summed E-state index contributed by atoms with van der Waals surface area (Å²) in [6.45, 7) is 5.81. The molecule has 0 radical (unpaired) electrons. The van der Waals surface area contributed by atoms with Crippen LogP contribution in [0.2, 0.25) is 0 Å². The van der Waals surface area contributed by atoms with Crippen LogP contribution < -0.4 is 10.2 Å². The van der Waals surface area contributed by atoms with E-state index >= 15 is 0 Å². The number of hydrogen-bond acceptors (Lipinski definition) is 3. The number of rotatable bonds is 5. The van der Waals surface area contributed by atoms with Crippen LogP contribution in [-0.2, 0) is 13.1 Å². The van der Waals surface area contributed by atoms with Gasteiger partial charge in [0.25, 0.3) is 0 Å². The van der Waals surface area contributed by atoms with Crippen molar-refractivity contribution in [3.05, 3.63) is 53.0 Å². The minimum Gasteiger partial charge on any atom is -0.465 e. The van der Waals surface area contributed by atoms with Crippen molar-refractivity contribution in [2.45, 2.75) is 26.9 Å². The third-order valence-corrected chi connectivity index (χ3v) is 3.36. The number of nitrogens with one attached hydrogen (secondary N) is 1. The van der Waals surface area contributed by atoms with Crippen LogP contribution in [0.4, 0.5) is 5.69 Å². The molecular weight excluding hydrogens is 236 g/mol. The summed E-state index contributed by atoms with van der Waals surface area (Å²) in [6, 6.07) is 10.6. The van der Waals surface area contributed by atoms with Crippen molar-refractivity contribution in [2.75, 3.05) is 19.0 Å². The van der Waals surface area contributed by atoms with Gasteiger partial charge in [0.15, 0.2) is 0 Å². The van der Waals surface area contributed by atoms with E-state index in [0.29, 0.717) is 0 Å². The lowest BCUT2D eigenvalue weighted by molar-refractivity contribution is 0.469. The lowest BCUT2D eigenvalue weighted by Crippen LogP contribution is -2.17. The molecule has 0 bridgehead atoms. The van der Waals surface area contributed by atoms with Gasteiger partial charge in [0.1, 0.15) is 11.5 Å². The molecule has 0 amide bonds. The van der Waals surface area contributed by atoms with Crippen LogP contribution in [0, 0.1) is 13.8 Å².